The fourth-order valence-electron chi connectivity index (χ4n) is 1.37. The van der Waals surface area contributed by atoms with E-state index in [4.69, 9.17) is 19.5 Å². The molecule has 0 spiro atoms. The Labute approximate surface area is 116 Å². The molecule has 0 unspecified atom stereocenters. The third kappa shape index (κ3) is 4.37. The number of hydrogen-bond acceptors (Lipinski definition) is 5. The van der Waals surface area contributed by atoms with E-state index in [2.05, 4.69) is 0 Å². The molecule has 5 nitrogen and oxygen atoms in total. The van der Waals surface area contributed by atoms with Crippen molar-refractivity contribution >= 4 is 12.0 Å². The number of nitriles is 1. The highest BCUT2D eigenvalue weighted by molar-refractivity contribution is 5.97. The van der Waals surface area contributed by atoms with Gasteiger partial charge in [0.1, 0.15) is 18.2 Å². The first kappa shape index (κ1) is 15.7. The molecule has 1 aromatic carbocycles. The molecule has 6 heteroatoms. The zero-order valence-electron chi connectivity index (χ0n) is 11.2. The monoisotopic (exact) mass is 279 g/mol. The maximum Gasteiger partial charge on any atom is 0.348 e. The van der Waals surface area contributed by atoms with E-state index in [1.165, 1.54) is 38.5 Å². The summed E-state index contributed by atoms with van der Waals surface area (Å²) in [6.45, 7) is 0.285. The molecule has 0 aromatic heterocycles. The van der Waals surface area contributed by atoms with Crippen molar-refractivity contribution in [3.63, 3.8) is 0 Å². The summed E-state index contributed by atoms with van der Waals surface area (Å²) in [5.41, 5.74) is 0.147. The Kier molecular flexibility index (Phi) is 6.20. The Morgan fingerprint density at radius 1 is 1.40 bits per heavy atom. The number of halogens is 1. The van der Waals surface area contributed by atoms with E-state index in [0.29, 0.717) is 5.56 Å². The molecule has 0 atom stereocenters. The maximum atomic E-state index is 13.5. The van der Waals surface area contributed by atoms with Crippen molar-refractivity contribution in [2.24, 2.45) is 0 Å². The van der Waals surface area contributed by atoms with Crippen LogP contribution >= 0.6 is 0 Å². The lowest BCUT2D eigenvalue weighted by Crippen LogP contribution is -2.11. The lowest BCUT2D eigenvalue weighted by molar-refractivity contribution is -0.139. The quantitative estimate of drug-likeness (QED) is 0.344. The van der Waals surface area contributed by atoms with Crippen LogP contribution in [0.5, 0.6) is 5.75 Å². The number of benzene rings is 1. The molecule has 0 bridgehead atoms. The zero-order valence-corrected chi connectivity index (χ0v) is 11.2. The minimum atomic E-state index is -0.777. The summed E-state index contributed by atoms with van der Waals surface area (Å²) in [4.78, 5) is 11.6. The molecule has 0 aliphatic carbocycles. The molecule has 0 aliphatic heterocycles. The van der Waals surface area contributed by atoms with E-state index in [1.807, 2.05) is 0 Å². The molecule has 0 fully saturated rings. The first-order chi connectivity index (χ1) is 9.62. The third-order valence-corrected chi connectivity index (χ3v) is 2.35. The van der Waals surface area contributed by atoms with Gasteiger partial charge >= 0.3 is 5.97 Å². The highest BCUT2D eigenvalue weighted by atomic mass is 19.1. The van der Waals surface area contributed by atoms with Crippen LogP contribution < -0.4 is 4.74 Å². The lowest BCUT2D eigenvalue weighted by Gasteiger charge is -2.04. The van der Waals surface area contributed by atoms with Gasteiger partial charge in [-0.15, -0.1) is 0 Å². The van der Waals surface area contributed by atoms with Crippen molar-refractivity contribution in [2.75, 3.05) is 27.4 Å². The molecule has 0 N–H and O–H groups in total. The number of ether oxygens (including phenoxy) is 3. The predicted molar refractivity (Wildman–Crippen MR) is 69.4 cm³/mol. The molecule has 0 heterocycles. The van der Waals surface area contributed by atoms with Gasteiger partial charge in [-0.1, -0.05) is 6.07 Å². The van der Waals surface area contributed by atoms with Gasteiger partial charge in [0, 0.05) is 7.11 Å². The Bertz CT molecular complexity index is 549. The molecule has 20 heavy (non-hydrogen) atoms. The van der Waals surface area contributed by atoms with Crippen LogP contribution in [0.1, 0.15) is 5.56 Å². The van der Waals surface area contributed by atoms with E-state index < -0.39 is 11.8 Å². The Balaban J connectivity index is 2.86. The number of carbonyl (C=O) groups excluding carboxylic acids is 1. The molecule has 0 radical (unpaired) electrons. The third-order valence-electron chi connectivity index (χ3n) is 2.35. The Morgan fingerprint density at radius 3 is 2.70 bits per heavy atom. The van der Waals surface area contributed by atoms with Crippen LogP contribution in [0.3, 0.4) is 0 Å². The van der Waals surface area contributed by atoms with Crippen LogP contribution in [0.4, 0.5) is 4.39 Å². The van der Waals surface area contributed by atoms with Crippen molar-refractivity contribution in [2.45, 2.75) is 0 Å². The van der Waals surface area contributed by atoms with E-state index in [-0.39, 0.29) is 24.5 Å². The van der Waals surface area contributed by atoms with Gasteiger partial charge < -0.3 is 14.2 Å². The summed E-state index contributed by atoms with van der Waals surface area (Å²) >= 11 is 0. The lowest BCUT2D eigenvalue weighted by atomic mass is 10.1. The predicted octanol–water partition coefficient (Wildman–Crippen LogP) is 1.93. The molecule has 1 aromatic rings. The number of carbonyl (C=O) groups is 1. The van der Waals surface area contributed by atoms with E-state index >= 15 is 0 Å². The minimum Gasteiger partial charge on any atom is -0.494 e. The van der Waals surface area contributed by atoms with Crippen molar-refractivity contribution in [3.8, 4) is 11.8 Å². The van der Waals surface area contributed by atoms with Gasteiger partial charge in [0.25, 0.3) is 0 Å². The normalized spacial score (nSPS) is 10.8. The van der Waals surface area contributed by atoms with Crippen molar-refractivity contribution in [1.29, 1.82) is 5.26 Å². The fraction of sp³-hybridized carbons (Fsp3) is 0.286. The first-order valence-corrected chi connectivity index (χ1v) is 5.73. The zero-order chi connectivity index (χ0) is 15.0. The average Bonchev–Trinajstić information content (AvgIpc) is 2.45. The van der Waals surface area contributed by atoms with E-state index in [9.17, 15) is 9.18 Å². The number of rotatable bonds is 6. The van der Waals surface area contributed by atoms with Gasteiger partial charge in [-0.3, -0.25) is 0 Å². The molecule has 0 amide bonds. The van der Waals surface area contributed by atoms with Crippen LogP contribution in [-0.2, 0) is 14.3 Å². The highest BCUT2D eigenvalue weighted by Crippen LogP contribution is 2.19. The molecule has 0 saturated heterocycles. The molecular weight excluding hydrogens is 265 g/mol. The average molecular weight is 279 g/mol. The van der Waals surface area contributed by atoms with Crippen LogP contribution in [0.2, 0.25) is 0 Å². The van der Waals surface area contributed by atoms with E-state index in [1.54, 1.807) is 6.07 Å². The smallest absolute Gasteiger partial charge is 0.348 e. The summed E-state index contributed by atoms with van der Waals surface area (Å²) < 4.78 is 27.8. The van der Waals surface area contributed by atoms with Gasteiger partial charge in [0.05, 0.1) is 13.7 Å². The van der Waals surface area contributed by atoms with Gasteiger partial charge in [-0.25, -0.2) is 9.18 Å². The summed E-state index contributed by atoms with van der Waals surface area (Å²) in [5.74, 6) is -1.27. The molecule has 106 valence electrons. The Morgan fingerprint density at radius 2 is 2.15 bits per heavy atom. The molecule has 1 rings (SSSR count). The summed E-state index contributed by atoms with van der Waals surface area (Å²) in [7, 11) is 2.82. The molecular formula is C14H14FNO4. The summed E-state index contributed by atoms with van der Waals surface area (Å²) in [5, 5.41) is 8.92. The largest absolute Gasteiger partial charge is 0.494 e. The number of nitrogens with zero attached hydrogens (tertiary/aromatic N) is 1. The van der Waals surface area contributed by atoms with Crippen molar-refractivity contribution in [1.82, 2.24) is 0 Å². The SMILES string of the molecule is COCCOC(=O)/C(C#N)=C/c1ccc(OC)c(F)c1. The van der Waals surface area contributed by atoms with Crippen LogP contribution in [0.25, 0.3) is 6.08 Å². The molecule has 0 aliphatic rings. The van der Waals surface area contributed by atoms with Crippen LogP contribution in [0, 0.1) is 17.1 Å². The fourth-order valence-corrected chi connectivity index (χ4v) is 1.37. The van der Waals surface area contributed by atoms with E-state index in [0.717, 1.165) is 0 Å². The maximum absolute atomic E-state index is 13.5. The summed E-state index contributed by atoms with van der Waals surface area (Å²) in [6, 6.07) is 5.82. The van der Waals surface area contributed by atoms with Gasteiger partial charge in [0.15, 0.2) is 11.6 Å². The van der Waals surface area contributed by atoms with Crippen LogP contribution in [-0.4, -0.2) is 33.4 Å². The second-order valence-corrected chi connectivity index (χ2v) is 3.69. The van der Waals surface area contributed by atoms with Gasteiger partial charge in [-0.2, -0.15) is 5.26 Å². The van der Waals surface area contributed by atoms with Gasteiger partial charge in [0.2, 0.25) is 0 Å². The van der Waals surface area contributed by atoms with Gasteiger partial charge in [-0.05, 0) is 23.8 Å². The van der Waals surface area contributed by atoms with Crippen molar-refractivity contribution < 1.29 is 23.4 Å². The minimum absolute atomic E-state index is 0.0470. The van der Waals surface area contributed by atoms with Crippen LogP contribution in [0.15, 0.2) is 23.8 Å². The highest BCUT2D eigenvalue weighted by Gasteiger charge is 2.11. The second kappa shape index (κ2) is 7.92. The standard InChI is InChI=1S/C14H14FNO4/c1-18-5-6-20-14(17)11(9-16)7-10-3-4-13(19-2)12(15)8-10/h3-4,7-8H,5-6H2,1-2H3/b11-7+. The summed E-state index contributed by atoms with van der Waals surface area (Å²) in [6.07, 6.45) is 1.25. The second-order valence-electron chi connectivity index (χ2n) is 3.69. The number of methoxy groups -OCH3 is 2. The first-order valence-electron chi connectivity index (χ1n) is 5.73. The molecule has 0 saturated carbocycles. The number of esters is 1. The topological polar surface area (TPSA) is 68.5 Å². The van der Waals surface area contributed by atoms with Crippen molar-refractivity contribution in [3.05, 3.63) is 35.2 Å². The Hall–Kier alpha value is -2.39. The number of hydrogen-bond donors (Lipinski definition) is 0.